The molecule has 1 heterocycles. The molecule has 0 aliphatic carbocycles. The maximum atomic E-state index is 6.10. The average molecular weight is 306 g/mol. The van der Waals surface area contributed by atoms with E-state index < -0.39 is 0 Å². The molecule has 0 aliphatic heterocycles. The summed E-state index contributed by atoms with van der Waals surface area (Å²) in [6.07, 6.45) is 3.62. The van der Waals surface area contributed by atoms with Crippen LogP contribution in [-0.4, -0.2) is 4.98 Å². The Morgan fingerprint density at radius 3 is 2.43 bits per heavy atom. The van der Waals surface area contributed by atoms with Gasteiger partial charge in [0.25, 0.3) is 0 Å². The van der Waals surface area contributed by atoms with Crippen LogP contribution < -0.4 is 5.73 Å². The highest BCUT2D eigenvalue weighted by atomic mass is 14.8. The van der Waals surface area contributed by atoms with Crippen molar-refractivity contribution >= 4 is 27.5 Å². The Labute approximate surface area is 138 Å². The van der Waals surface area contributed by atoms with E-state index in [-0.39, 0.29) is 0 Å². The molecule has 2 atom stereocenters. The second-order valence-electron chi connectivity index (χ2n) is 6.80. The predicted molar refractivity (Wildman–Crippen MR) is 101 cm³/mol. The van der Waals surface area contributed by atoms with Crippen LogP contribution in [0.15, 0.2) is 42.5 Å². The Balaban J connectivity index is 1.95. The number of rotatable bonds is 5. The molecular formula is C21H26N2. The van der Waals surface area contributed by atoms with E-state index in [0.29, 0.717) is 5.82 Å². The van der Waals surface area contributed by atoms with Crippen LogP contribution in [0.2, 0.25) is 0 Å². The number of fused-ring (bicyclic) bond motifs is 3. The fourth-order valence-electron chi connectivity index (χ4n) is 3.26. The molecule has 0 saturated heterocycles. The molecule has 2 unspecified atom stereocenters. The summed E-state index contributed by atoms with van der Waals surface area (Å²) >= 11 is 0. The zero-order valence-corrected chi connectivity index (χ0v) is 14.3. The summed E-state index contributed by atoms with van der Waals surface area (Å²) in [6.45, 7) is 7.00. The van der Waals surface area contributed by atoms with E-state index in [9.17, 15) is 0 Å². The van der Waals surface area contributed by atoms with Gasteiger partial charge in [-0.3, -0.25) is 0 Å². The minimum Gasteiger partial charge on any atom is -0.383 e. The van der Waals surface area contributed by atoms with Gasteiger partial charge in [-0.1, -0.05) is 57.5 Å². The van der Waals surface area contributed by atoms with E-state index in [2.05, 4.69) is 62.2 Å². The van der Waals surface area contributed by atoms with Gasteiger partial charge in [0.1, 0.15) is 5.82 Å². The van der Waals surface area contributed by atoms with Crippen LogP contribution >= 0.6 is 0 Å². The summed E-state index contributed by atoms with van der Waals surface area (Å²) in [5.74, 6) is 2.17. The van der Waals surface area contributed by atoms with Crippen LogP contribution in [0.3, 0.4) is 0 Å². The molecule has 3 rings (SSSR count). The largest absolute Gasteiger partial charge is 0.383 e. The fourth-order valence-corrected chi connectivity index (χ4v) is 3.26. The molecule has 2 heteroatoms. The molecule has 0 bridgehead atoms. The molecule has 3 aromatic rings. The first-order valence-corrected chi connectivity index (χ1v) is 8.67. The van der Waals surface area contributed by atoms with E-state index in [1.165, 1.54) is 29.2 Å². The van der Waals surface area contributed by atoms with E-state index in [0.717, 1.165) is 29.2 Å². The van der Waals surface area contributed by atoms with Crippen molar-refractivity contribution in [2.45, 2.75) is 40.0 Å². The normalized spacial score (nSPS) is 14.2. The third-order valence-electron chi connectivity index (χ3n) is 5.30. The van der Waals surface area contributed by atoms with Crippen molar-refractivity contribution in [1.82, 2.24) is 4.98 Å². The zero-order chi connectivity index (χ0) is 16.4. The Hall–Kier alpha value is -2.09. The van der Waals surface area contributed by atoms with Gasteiger partial charge in [-0.15, -0.1) is 0 Å². The van der Waals surface area contributed by atoms with Crippen molar-refractivity contribution in [3.05, 3.63) is 48.0 Å². The Kier molecular flexibility index (Phi) is 4.51. The Bertz CT molecular complexity index is 823. The van der Waals surface area contributed by atoms with Crippen molar-refractivity contribution in [3.63, 3.8) is 0 Å². The first-order chi connectivity index (χ1) is 11.1. The van der Waals surface area contributed by atoms with Crippen molar-refractivity contribution in [2.75, 3.05) is 5.73 Å². The van der Waals surface area contributed by atoms with Gasteiger partial charge < -0.3 is 5.73 Å². The van der Waals surface area contributed by atoms with Crippen molar-refractivity contribution in [2.24, 2.45) is 11.8 Å². The van der Waals surface area contributed by atoms with Gasteiger partial charge in [-0.2, -0.15) is 0 Å². The summed E-state index contributed by atoms with van der Waals surface area (Å²) in [5.41, 5.74) is 8.48. The molecule has 0 fully saturated rings. The van der Waals surface area contributed by atoms with Crippen molar-refractivity contribution in [1.29, 1.82) is 0 Å². The van der Waals surface area contributed by atoms with E-state index >= 15 is 0 Å². The maximum Gasteiger partial charge on any atom is 0.131 e. The predicted octanol–water partition coefficient (Wildman–Crippen LogP) is 5.59. The number of hydrogen-bond acceptors (Lipinski definition) is 2. The topological polar surface area (TPSA) is 38.9 Å². The highest BCUT2D eigenvalue weighted by molar-refractivity contribution is 6.09. The number of anilines is 1. The summed E-state index contributed by atoms with van der Waals surface area (Å²) < 4.78 is 0. The molecular weight excluding hydrogens is 280 g/mol. The van der Waals surface area contributed by atoms with Crippen LogP contribution in [0.5, 0.6) is 0 Å². The highest BCUT2D eigenvalue weighted by Crippen LogP contribution is 2.29. The molecule has 1 aromatic heterocycles. The SMILES string of the molecule is CCC(C)C(C)CCc1ccc2nc(N)c3ccccc3c2c1. The number of nitrogens with zero attached hydrogens (tertiary/aromatic N) is 1. The third kappa shape index (κ3) is 3.17. The molecule has 2 nitrogen and oxygen atoms in total. The summed E-state index contributed by atoms with van der Waals surface area (Å²) in [6, 6.07) is 14.9. The number of pyridine rings is 1. The quantitative estimate of drug-likeness (QED) is 0.624. The Morgan fingerprint density at radius 1 is 0.957 bits per heavy atom. The number of aromatic nitrogens is 1. The first-order valence-electron chi connectivity index (χ1n) is 8.67. The van der Waals surface area contributed by atoms with Crippen LogP contribution in [0.4, 0.5) is 5.82 Å². The Morgan fingerprint density at radius 2 is 1.70 bits per heavy atom. The van der Waals surface area contributed by atoms with Crippen LogP contribution in [-0.2, 0) is 6.42 Å². The monoisotopic (exact) mass is 306 g/mol. The van der Waals surface area contributed by atoms with Gasteiger partial charge >= 0.3 is 0 Å². The van der Waals surface area contributed by atoms with Crippen molar-refractivity contribution < 1.29 is 0 Å². The first kappa shape index (κ1) is 15.8. The summed E-state index contributed by atoms with van der Waals surface area (Å²) in [7, 11) is 0. The van der Waals surface area contributed by atoms with Crippen molar-refractivity contribution in [3.8, 4) is 0 Å². The van der Waals surface area contributed by atoms with E-state index in [1.54, 1.807) is 0 Å². The van der Waals surface area contributed by atoms with E-state index in [1.807, 2.05) is 6.07 Å². The lowest BCUT2D eigenvalue weighted by atomic mass is 9.88. The summed E-state index contributed by atoms with van der Waals surface area (Å²) in [4.78, 5) is 4.56. The standard InChI is InChI=1S/C21H26N2/c1-4-14(2)15(3)9-10-16-11-12-20-19(13-16)17-7-5-6-8-18(17)21(22)23-20/h5-8,11-15H,4,9-10H2,1-3H3,(H2,22,23). The summed E-state index contributed by atoms with van der Waals surface area (Å²) in [5, 5.41) is 3.46. The third-order valence-corrected chi connectivity index (χ3v) is 5.30. The lowest BCUT2D eigenvalue weighted by molar-refractivity contribution is 0.355. The van der Waals surface area contributed by atoms with Gasteiger partial charge in [0, 0.05) is 10.8 Å². The number of benzene rings is 2. The van der Waals surface area contributed by atoms with Gasteiger partial charge in [0.05, 0.1) is 5.52 Å². The zero-order valence-electron chi connectivity index (χ0n) is 14.3. The van der Waals surface area contributed by atoms with Crippen LogP contribution in [0, 0.1) is 11.8 Å². The number of hydrogen-bond donors (Lipinski definition) is 1. The second kappa shape index (κ2) is 6.57. The molecule has 0 spiro atoms. The molecule has 0 aliphatic rings. The number of nitrogens with two attached hydrogens (primary N) is 1. The average Bonchev–Trinajstić information content (AvgIpc) is 2.59. The second-order valence-corrected chi connectivity index (χ2v) is 6.80. The van der Waals surface area contributed by atoms with Crippen LogP contribution in [0.1, 0.15) is 39.2 Å². The molecule has 0 saturated carbocycles. The van der Waals surface area contributed by atoms with E-state index in [4.69, 9.17) is 5.73 Å². The lowest BCUT2D eigenvalue weighted by Crippen LogP contribution is -2.07. The van der Waals surface area contributed by atoms with Gasteiger partial charge in [-0.25, -0.2) is 4.98 Å². The molecule has 0 amide bonds. The molecule has 23 heavy (non-hydrogen) atoms. The molecule has 120 valence electrons. The highest BCUT2D eigenvalue weighted by Gasteiger charge is 2.11. The van der Waals surface area contributed by atoms with Crippen LogP contribution in [0.25, 0.3) is 21.7 Å². The molecule has 2 aromatic carbocycles. The fraction of sp³-hybridized carbons (Fsp3) is 0.381. The van der Waals surface area contributed by atoms with Gasteiger partial charge in [0.2, 0.25) is 0 Å². The molecule has 2 N–H and O–H groups in total. The number of aryl methyl sites for hydroxylation is 1. The smallest absolute Gasteiger partial charge is 0.131 e. The number of nitrogen functional groups attached to an aromatic ring is 1. The minimum absolute atomic E-state index is 0.617. The lowest BCUT2D eigenvalue weighted by Gasteiger charge is -2.18. The van der Waals surface area contributed by atoms with Gasteiger partial charge in [-0.05, 0) is 47.8 Å². The molecule has 0 radical (unpaired) electrons. The van der Waals surface area contributed by atoms with Gasteiger partial charge in [0.15, 0.2) is 0 Å². The minimum atomic E-state index is 0.617. The maximum absolute atomic E-state index is 6.10.